The summed E-state index contributed by atoms with van der Waals surface area (Å²) < 4.78 is 0.422. The first-order valence-corrected chi connectivity index (χ1v) is 8.05. The monoisotopic (exact) mass is 401 g/mol. The van der Waals surface area contributed by atoms with E-state index in [0.717, 1.165) is 0 Å². The van der Waals surface area contributed by atoms with Gasteiger partial charge in [0.2, 0.25) is 0 Å². The van der Waals surface area contributed by atoms with Crippen LogP contribution in [0.15, 0.2) is 68.3 Å². The fraction of sp³-hybridized carbons (Fsp3) is 0.125. The number of benzene rings is 2. The highest BCUT2D eigenvalue weighted by molar-refractivity contribution is 9.10. The van der Waals surface area contributed by atoms with E-state index in [9.17, 15) is 14.9 Å². The standard InChI is InChI=1S/C16H12BrN5O3/c1-10-15(16(23)21(20-10)11-5-3-2-4-6-11)19-18-14-8-7-12(22(24)25)9-13(14)17/h2-9,15H,1H3. The van der Waals surface area contributed by atoms with Gasteiger partial charge < -0.3 is 0 Å². The van der Waals surface area contributed by atoms with Crippen molar-refractivity contribution in [2.45, 2.75) is 13.0 Å². The molecule has 0 fully saturated rings. The van der Waals surface area contributed by atoms with Gasteiger partial charge in [-0.2, -0.15) is 20.3 Å². The van der Waals surface area contributed by atoms with Crippen LogP contribution in [0.2, 0.25) is 0 Å². The molecule has 2 aromatic rings. The van der Waals surface area contributed by atoms with Crippen LogP contribution in [0.1, 0.15) is 6.92 Å². The van der Waals surface area contributed by atoms with Crippen LogP contribution >= 0.6 is 15.9 Å². The van der Waals surface area contributed by atoms with Gasteiger partial charge in [0.1, 0.15) is 0 Å². The van der Waals surface area contributed by atoms with Gasteiger partial charge in [0.15, 0.2) is 6.04 Å². The van der Waals surface area contributed by atoms with Gasteiger partial charge in [-0.3, -0.25) is 14.9 Å². The van der Waals surface area contributed by atoms with E-state index < -0.39 is 11.0 Å². The number of nitro benzene ring substituents is 1. The van der Waals surface area contributed by atoms with E-state index in [2.05, 4.69) is 31.3 Å². The van der Waals surface area contributed by atoms with Crippen LogP contribution in [-0.4, -0.2) is 22.6 Å². The average molecular weight is 402 g/mol. The second-order valence-electron chi connectivity index (χ2n) is 5.24. The zero-order valence-corrected chi connectivity index (χ0v) is 14.6. The first-order chi connectivity index (χ1) is 12.0. The lowest BCUT2D eigenvalue weighted by Crippen LogP contribution is -2.29. The molecule has 1 heterocycles. The number of non-ortho nitro benzene ring substituents is 1. The summed E-state index contributed by atoms with van der Waals surface area (Å²) in [6.07, 6.45) is 0. The second kappa shape index (κ2) is 6.89. The molecule has 1 aliphatic rings. The molecule has 0 spiro atoms. The number of anilines is 1. The van der Waals surface area contributed by atoms with Crippen LogP contribution < -0.4 is 5.01 Å². The Kier molecular flexibility index (Phi) is 4.66. The molecule has 1 unspecified atom stereocenters. The van der Waals surface area contributed by atoms with E-state index in [4.69, 9.17) is 0 Å². The normalized spacial score (nSPS) is 17.2. The van der Waals surface area contributed by atoms with Crippen molar-refractivity contribution in [3.63, 3.8) is 0 Å². The minimum absolute atomic E-state index is 0.0595. The number of carbonyl (C=O) groups excluding carboxylic acids is 1. The Morgan fingerprint density at radius 2 is 1.96 bits per heavy atom. The Morgan fingerprint density at radius 3 is 2.60 bits per heavy atom. The lowest BCUT2D eigenvalue weighted by Gasteiger charge is -2.11. The number of hydrogen-bond acceptors (Lipinski definition) is 6. The summed E-state index contributed by atoms with van der Waals surface area (Å²) in [5.74, 6) is -0.300. The van der Waals surface area contributed by atoms with Gasteiger partial charge in [-0.05, 0) is 41.1 Å². The highest BCUT2D eigenvalue weighted by Gasteiger charge is 2.34. The molecule has 3 rings (SSSR count). The number of amides is 1. The molecule has 0 saturated carbocycles. The molecule has 25 heavy (non-hydrogen) atoms. The summed E-state index contributed by atoms with van der Waals surface area (Å²) in [4.78, 5) is 22.8. The Bertz CT molecular complexity index is 898. The molecule has 1 amide bonds. The Balaban J connectivity index is 1.82. The third-order valence-corrected chi connectivity index (χ3v) is 4.16. The molecule has 0 aromatic heterocycles. The zero-order valence-electron chi connectivity index (χ0n) is 13.0. The highest BCUT2D eigenvalue weighted by Crippen LogP contribution is 2.30. The number of hydrogen-bond donors (Lipinski definition) is 0. The first-order valence-electron chi connectivity index (χ1n) is 7.26. The van der Waals surface area contributed by atoms with Crippen LogP contribution in [0.5, 0.6) is 0 Å². The molecular weight excluding hydrogens is 390 g/mol. The van der Waals surface area contributed by atoms with Gasteiger partial charge >= 0.3 is 0 Å². The van der Waals surface area contributed by atoms with E-state index in [0.29, 0.717) is 21.6 Å². The third-order valence-electron chi connectivity index (χ3n) is 3.52. The number of azo groups is 1. The molecule has 2 aromatic carbocycles. The summed E-state index contributed by atoms with van der Waals surface area (Å²) in [6.45, 7) is 1.70. The number of para-hydroxylation sites is 1. The maximum absolute atomic E-state index is 12.5. The maximum atomic E-state index is 12.5. The smallest absolute Gasteiger partial charge is 0.269 e. The predicted molar refractivity (Wildman–Crippen MR) is 96.1 cm³/mol. The van der Waals surface area contributed by atoms with Crippen molar-refractivity contribution in [1.29, 1.82) is 0 Å². The Labute approximate surface area is 151 Å². The van der Waals surface area contributed by atoms with Crippen LogP contribution in [0.3, 0.4) is 0 Å². The third kappa shape index (κ3) is 3.45. The number of halogens is 1. The molecule has 8 nitrogen and oxygen atoms in total. The highest BCUT2D eigenvalue weighted by atomic mass is 79.9. The number of nitro groups is 1. The summed E-state index contributed by atoms with van der Waals surface area (Å²) in [7, 11) is 0. The SMILES string of the molecule is CC1=NN(c2ccccc2)C(=O)C1N=Nc1ccc([N+](=O)[O-])cc1Br. The molecule has 0 aliphatic carbocycles. The molecule has 0 N–H and O–H groups in total. The fourth-order valence-electron chi connectivity index (χ4n) is 2.25. The van der Waals surface area contributed by atoms with Crippen LogP contribution in [-0.2, 0) is 4.79 Å². The van der Waals surface area contributed by atoms with Crippen LogP contribution in [0.25, 0.3) is 0 Å². The number of carbonyl (C=O) groups is 1. The largest absolute Gasteiger partial charge is 0.280 e. The van der Waals surface area contributed by atoms with Crippen molar-refractivity contribution in [3.8, 4) is 0 Å². The molecule has 0 bridgehead atoms. The number of rotatable bonds is 4. The minimum atomic E-state index is -0.817. The second-order valence-corrected chi connectivity index (χ2v) is 6.09. The van der Waals surface area contributed by atoms with Gasteiger partial charge in [0, 0.05) is 12.1 Å². The van der Waals surface area contributed by atoms with Crippen LogP contribution in [0, 0.1) is 10.1 Å². The van der Waals surface area contributed by atoms with E-state index in [1.54, 1.807) is 19.1 Å². The number of nitrogens with zero attached hydrogens (tertiary/aromatic N) is 5. The van der Waals surface area contributed by atoms with Crippen LogP contribution in [0.4, 0.5) is 17.1 Å². The van der Waals surface area contributed by atoms with Gasteiger partial charge in [-0.25, -0.2) is 0 Å². The van der Waals surface area contributed by atoms with E-state index in [1.807, 2.05) is 18.2 Å². The summed E-state index contributed by atoms with van der Waals surface area (Å²) in [5.41, 5.74) is 1.51. The molecule has 1 aliphatic heterocycles. The van der Waals surface area contributed by atoms with Crippen molar-refractivity contribution < 1.29 is 9.72 Å². The Morgan fingerprint density at radius 1 is 1.24 bits per heavy atom. The lowest BCUT2D eigenvalue weighted by molar-refractivity contribution is -0.384. The van der Waals surface area contributed by atoms with E-state index in [-0.39, 0.29) is 11.6 Å². The lowest BCUT2D eigenvalue weighted by atomic mass is 10.2. The summed E-state index contributed by atoms with van der Waals surface area (Å²) >= 11 is 3.22. The average Bonchev–Trinajstić information content (AvgIpc) is 2.89. The van der Waals surface area contributed by atoms with Crippen molar-refractivity contribution in [2.75, 3.05) is 5.01 Å². The topological polar surface area (TPSA) is 101 Å². The molecule has 0 radical (unpaired) electrons. The van der Waals surface area contributed by atoms with E-state index in [1.165, 1.54) is 23.2 Å². The molecular formula is C16H12BrN5O3. The Hall–Kier alpha value is -2.94. The molecule has 9 heteroatoms. The zero-order chi connectivity index (χ0) is 18.0. The summed E-state index contributed by atoms with van der Waals surface area (Å²) in [6, 6.07) is 12.3. The molecule has 0 saturated heterocycles. The van der Waals surface area contributed by atoms with Gasteiger partial charge in [0.25, 0.3) is 11.6 Å². The minimum Gasteiger partial charge on any atom is -0.269 e. The van der Waals surface area contributed by atoms with E-state index >= 15 is 0 Å². The van der Waals surface area contributed by atoms with Gasteiger partial charge in [-0.15, -0.1) is 0 Å². The fourth-order valence-corrected chi connectivity index (χ4v) is 2.70. The van der Waals surface area contributed by atoms with Gasteiger partial charge in [0.05, 0.1) is 26.5 Å². The predicted octanol–water partition coefficient (Wildman–Crippen LogP) is 4.23. The summed E-state index contributed by atoms with van der Waals surface area (Å²) in [5, 5.41) is 24.4. The first kappa shape index (κ1) is 16.9. The number of hydrazone groups is 1. The molecule has 1 atom stereocenters. The van der Waals surface area contributed by atoms with Crippen molar-refractivity contribution in [2.24, 2.45) is 15.3 Å². The van der Waals surface area contributed by atoms with Crippen molar-refractivity contribution >= 4 is 44.6 Å². The maximum Gasteiger partial charge on any atom is 0.280 e. The van der Waals surface area contributed by atoms with Crippen molar-refractivity contribution in [1.82, 2.24) is 0 Å². The van der Waals surface area contributed by atoms with Crippen molar-refractivity contribution in [3.05, 3.63) is 63.1 Å². The van der Waals surface area contributed by atoms with Gasteiger partial charge in [-0.1, -0.05) is 18.2 Å². The quantitative estimate of drug-likeness (QED) is 0.435. The molecule has 126 valence electrons.